The number of hydrogen-bond acceptors (Lipinski definition) is 2. The number of fused-ring (bicyclic) bond motifs is 2. The lowest BCUT2D eigenvalue weighted by Gasteiger charge is -2.45. The Labute approximate surface area is 88.1 Å². The third-order valence-corrected chi connectivity index (χ3v) is 3.85. The Hall–Kier alpha value is -0.0800. The highest BCUT2D eigenvalue weighted by Crippen LogP contribution is 2.30. The molecular formula is C12H24N2. The first-order valence-electron chi connectivity index (χ1n) is 6.11. The van der Waals surface area contributed by atoms with Gasteiger partial charge in [-0.05, 0) is 32.6 Å². The van der Waals surface area contributed by atoms with E-state index >= 15 is 0 Å². The van der Waals surface area contributed by atoms with Crippen molar-refractivity contribution in [3.05, 3.63) is 0 Å². The number of nitrogens with zero attached hydrogens (tertiary/aromatic N) is 1. The van der Waals surface area contributed by atoms with E-state index in [1.807, 2.05) is 0 Å². The molecule has 0 amide bonds. The summed E-state index contributed by atoms with van der Waals surface area (Å²) in [5.41, 5.74) is 0. The van der Waals surface area contributed by atoms with Crippen LogP contribution in [-0.4, -0.2) is 35.6 Å². The van der Waals surface area contributed by atoms with E-state index in [0.717, 1.165) is 24.0 Å². The molecule has 0 radical (unpaired) electrons. The molecule has 0 spiro atoms. The lowest BCUT2D eigenvalue weighted by Crippen LogP contribution is -2.61. The molecule has 2 fully saturated rings. The first kappa shape index (κ1) is 10.4. The fraction of sp³-hybridized carbons (Fsp3) is 1.00. The maximum absolute atomic E-state index is 3.76. The summed E-state index contributed by atoms with van der Waals surface area (Å²) in [6.45, 7) is 10.7. The van der Waals surface area contributed by atoms with Gasteiger partial charge in [-0.25, -0.2) is 0 Å². The van der Waals surface area contributed by atoms with Crippen molar-refractivity contribution in [2.45, 2.75) is 64.7 Å². The van der Waals surface area contributed by atoms with E-state index in [1.165, 1.54) is 19.4 Å². The van der Waals surface area contributed by atoms with Gasteiger partial charge in [0.05, 0.1) is 0 Å². The molecule has 2 nitrogen and oxygen atoms in total. The van der Waals surface area contributed by atoms with Gasteiger partial charge in [0.2, 0.25) is 0 Å². The van der Waals surface area contributed by atoms with Gasteiger partial charge in [0.25, 0.3) is 0 Å². The van der Waals surface area contributed by atoms with Crippen LogP contribution in [0.3, 0.4) is 0 Å². The lowest BCUT2D eigenvalue weighted by molar-refractivity contribution is 0.0586. The predicted molar refractivity (Wildman–Crippen MR) is 60.4 cm³/mol. The summed E-state index contributed by atoms with van der Waals surface area (Å²) < 4.78 is 0. The molecule has 2 heteroatoms. The normalized spacial score (nSPS) is 38.6. The summed E-state index contributed by atoms with van der Waals surface area (Å²) in [6, 6.07) is 3.00. The van der Waals surface area contributed by atoms with Gasteiger partial charge in [0.15, 0.2) is 0 Å². The van der Waals surface area contributed by atoms with Crippen molar-refractivity contribution in [2.75, 3.05) is 6.54 Å². The average Bonchev–Trinajstić information content (AvgIpc) is 2.46. The number of hydrogen-bond donors (Lipinski definition) is 1. The predicted octanol–water partition coefficient (Wildman–Crippen LogP) is 1.86. The van der Waals surface area contributed by atoms with E-state index in [2.05, 4.69) is 37.9 Å². The van der Waals surface area contributed by atoms with Crippen molar-refractivity contribution < 1.29 is 0 Å². The number of rotatable bonds is 2. The molecule has 3 unspecified atom stereocenters. The first-order valence-corrected chi connectivity index (χ1v) is 6.11. The van der Waals surface area contributed by atoms with Crippen molar-refractivity contribution in [3.63, 3.8) is 0 Å². The quantitative estimate of drug-likeness (QED) is 0.725. The molecule has 82 valence electrons. The Kier molecular flexibility index (Phi) is 2.85. The minimum Gasteiger partial charge on any atom is -0.308 e. The Balaban J connectivity index is 2.14. The van der Waals surface area contributed by atoms with Crippen LogP contribution in [0.25, 0.3) is 0 Å². The Morgan fingerprint density at radius 3 is 2.43 bits per heavy atom. The van der Waals surface area contributed by atoms with Crippen molar-refractivity contribution in [1.29, 1.82) is 0 Å². The van der Waals surface area contributed by atoms with Gasteiger partial charge in [-0.1, -0.05) is 13.8 Å². The lowest BCUT2D eigenvalue weighted by atomic mass is 9.92. The van der Waals surface area contributed by atoms with E-state index < -0.39 is 0 Å². The second kappa shape index (κ2) is 3.82. The molecule has 3 atom stereocenters. The highest BCUT2D eigenvalue weighted by atomic mass is 15.3. The third kappa shape index (κ3) is 1.70. The van der Waals surface area contributed by atoms with Crippen molar-refractivity contribution in [1.82, 2.24) is 10.2 Å². The zero-order valence-corrected chi connectivity index (χ0v) is 9.96. The van der Waals surface area contributed by atoms with Gasteiger partial charge in [0, 0.05) is 30.7 Å². The summed E-state index contributed by atoms with van der Waals surface area (Å²) in [5.74, 6) is 0.772. The molecule has 0 aliphatic carbocycles. The van der Waals surface area contributed by atoms with Crippen LogP contribution in [0, 0.1) is 5.92 Å². The SMILES string of the molecule is CC(C)C1C2CCC(CN1C(C)C)N2. The smallest absolute Gasteiger partial charge is 0.0275 e. The summed E-state index contributed by atoms with van der Waals surface area (Å²) in [4.78, 5) is 2.71. The second-order valence-electron chi connectivity index (χ2n) is 5.57. The molecule has 0 aromatic heterocycles. The standard InChI is InChI=1S/C12H24N2/c1-8(2)12-11-6-5-10(13-11)7-14(12)9(3)4/h8-13H,5-7H2,1-4H3. The fourth-order valence-corrected chi connectivity index (χ4v) is 3.27. The van der Waals surface area contributed by atoms with Crippen LogP contribution >= 0.6 is 0 Å². The monoisotopic (exact) mass is 196 g/mol. The molecule has 2 aliphatic rings. The fourth-order valence-electron chi connectivity index (χ4n) is 3.27. The van der Waals surface area contributed by atoms with Crippen LogP contribution < -0.4 is 5.32 Å². The van der Waals surface area contributed by atoms with E-state index in [4.69, 9.17) is 0 Å². The molecule has 1 N–H and O–H groups in total. The molecule has 2 aliphatic heterocycles. The largest absolute Gasteiger partial charge is 0.308 e. The van der Waals surface area contributed by atoms with Crippen molar-refractivity contribution in [2.24, 2.45) is 5.92 Å². The Morgan fingerprint density at radius 1 is 1.14 bits per heavy atom. The van der Waals surface area contributed by atoms with Gasteiger partial charge in [-0.15, -0.1) is 0 Å². The van der Waals surface area contributed by atoms with Crippen LogP contribution in [0.2, 0.25) is 0 Å². The average molecular weight is 196 g/mol. The minimum absolute atomic E-state index is 0.701. The molecule has 2 saturated heterocycles. The second-order valence-corrected chi connectivity index (χ2v) is 5.57. The van der Waals surface area contributed by atoms with Crippen LogP contribution in [-0.2, 0) is 0 Å². The molecule has 14 heavy (non-hydrogen) atoms. The topological polar surface area (TPSA) is 15.3 Å². The van der Waals surface area contributed by atoms with E-state index in [1.54, 1.807) is 0 Å². The summed E-state index contributed by atoms with van der Waals surface area (Å²) in [6.07, 6.45) is 2.77. The zero-order chi connectivity index (χ0) is 10.3. The number of nitrogens with one attached hydrogen (secondary N) is 1. The Morgan fingerprint density at radius 2 is 1.86 bits per heavy atom. The van der Waals surface area contributed by atoms with E-state index in [0.29, 0.717) is 6.04 Å². The van der Waals surface area contributed by atoms with E-state index in [9.17, 15) is 0 Å². The van der Waals surface area contributed by atoms with Crippen LogP contribution in [0.4, 0.5) is 0 Å². The van der Waals surface area contributed by atoms with Crippen LogP contribution in [0.5, 0.6) is 0 Å². The van der Waals surface area contributed by atoms with Gasteiger partial charge < -0.3 is 5.32 Å². The maximum Gasteiger partial charge on any atom is 0.0275 e. The molecule has 0 aromatic rings. The summed E-state index contributed by atoms with van der Waals surface area (Å²) in [7, 11) is 0. The van der Waals surface area contributed by atoms with Gasteiger partial charge in [-0.2, -0.15) is 0 Å². The maximum atomic E-state index is 3.76. The third-order valence-electron chi connectivity index (χ3n) is 3.85. The van der Waals surface area contributed by atoms with Crippen LogP contribution in [0.15, 0.2) is 0 Å². The van der Waals surface area contributed by atoms with Gasteiger partial charge in [-0.3, -0.25) is 4.90 Å². The molecular weight excluding hydrogens is 172 g/mol. The number of piperazine rings is 1. The van der Waals surface area contributed by atoms with Gasteiger partial charge >= 0.3 is 0 Å². The minimum atomic E-state index is 0.701. The molecule has 0 saturated carbocycles. The molecule has 2 bridgehead atoms. The molecule has 0 aromatic carbocycles. The molecule has 2 rings (SSSR count). The zero-order valence-electron chi connectivity index (χ0n) is 9.96. The van der Waals surface area contributed by atoms with Crippen molar-refractivity contribution >= 4 is 0 Å². The van der Waals surface area contributed by atoms with E-state index in [-0.39, 0.29) is 0 Å². The number of likely N-dealkylation sites (tertiary alicyclic amines) is 1. The van der Waals surface area contributed by atoms with Crippen molar-refractivity contribution in [3.8, 4) is 0 Å². The van der Waals surface area contributed by atoms with Gasteiger partial charge in [0.1, 0.15) is 0 Å². The Bertz CT molecular complexity index is 200. The highest BCUT2D eigenvalue weighted by Gasteiger charge is 2.41. The highest BCUT2D eigenvalue weighted by molar-refractivity contribution is 5.01. The van der Waals surface area contributed by atoms with Crippen LogP contribution in [0.1, 0.15) is 40.5 Å². The first-order chi connectivity index (χ1) is 6.59. The summed E-state index contributed by atoms with van der Waals surface area (Å²) >= 11 is 0. The molecule has 2 heterocycles. The summed E-state index contributed by atoms with van der Waals surface area (Å²) in [5, 5.41) is 3.76.